The molecule has 4 fully saturated rings. The third-order valence-electron chi connectivity index (χ3n) is 15.7. The lowest BCUT2D eigenvalue weighted by Crippen LogP contribution is -2.51. The summed E-state index contributed by atoms with van der Waals surface area (Å²) in [6, 6.07) is 12.9. The second kappa shape index (κ2) is 18.8. The molecule has 1 saturated heterocycles. The summed E-state index contributed by atoms with van der Waals surface area (Å²) in [6.45, 7) is 19.2. The van der Waals surface area contributed by atoms with Crippen molar-refractivity contribution in [3.05, 3.63) is 70.8 Å². The first-order chi connectivity index (χ1) is 28.3. The molecular formula is C52H74O7. The van der Waals surface area contributed by atoms with Crippen LogP contribution in [0.4, 0.5) is 0 Å². The Morgan fingerprint density at radius 2 is 1.63 bits per heavy atom. The van der Waals surface area contributed by atoms with Gasteiger partial charge in [-0.25, -0.2) is 4.79 Å². The van der Waals surface area contributed by atoms with Crippen LogP contribution in [0.15, 0.2) is 54.1 Å². The lowest BCUT2D eigenvalue weighted by molar-refractivity contribution is -0.151. The second-order valence-corrected chi connectivity index (χ2v) is 20.5. The number of carbonyl (C=O) groups is 2. The van der Waals surface area contributed by atoms with Crippen LogP contribution in [0.5, 0.6) is 11.5 Å². The van der Waals surface area contributed by atoms with Gasteiger partial charge >= 0.3 is 11.9 Å². The Bertz CT molecular complexity index is 1780. The molecule has 59 heavy (non-hydrogen) atoms. The van der Waals surface area contributed by atoms with Gasteiger partial charge in [-0.1, -0.05) is 77.7 Å². The van der Waals surface area contributed by atoms with E-state index in [9.17, 15) is 9.59 Å². The minimum atomic E-state index is -0.408. The lowest BCUT2D eigenvalue weighted by atomic mass is 9.47. The molecule has 2 aromatic carbocycles. The maximum absolute atomic E-state index is 13.1. The maximum atomic E-state index is 13.1. The van der Waals surface area contributed by atoms with Crippen LogP contribution >= 0.6 is 0 Å². The van der Waals surface area contributed by atoms with Crippen molar-refractivity contribution in [2.75, 3.05) is 26.4 Å². The average Bonchev–Trinajstić information content (AvgIpc) is 3.83. The maximum Gasteiger partial charge on any atom is 0.343 e. The minimum absolute atomic E-state index is 0.0257. The number of hydrogen-bond acceptors (Lipinski definition) is 7. The highest BCUT2D eigenvalue weighted by molar-refractivity contribution is 5.92. The third-order valence-corrected chi connectivity index (χ3v) is 15.7. The summed E-state index contributed by atoms with van der Waals surface area (Å²) < 4.78 is 28.8. The molecule has 7 nitrogen and oxygen atoms in total. The number of fused-ring (bicyclic) bond motifs is 5. The summed E-state index contributed by atoms with van der Waals surface area (Å²) in [6.07, 6.45) is 19.2. The van der Waals surface area contributed by atoms with Gasteiger partial charge in [0, 0.05) is 19.4 Å². The molecule has 5 aliphatic rings. The highest BCUT2D eigenvalue weighted by Gasteiger charge is 2.59. The Morgan fingerprint density at radius 3 is 2.37 bits per heavy atom. The zero-order chi connectivity index (χ0) is 41.8. The van der Waals surface area contributed by atoms with Crippen LogP contribution in [0, 0.1) is 53.3 Å². The number of carbonyl (C=O) groups excluding carboxylic acids is 2. The van der Waals surface area contributed by atoms with Crippen LogP contribution in [-0.4, -0.2) is 50.1 Å². The van der Waals surface area contributed by atoms with E-state index in [1.54, 1.807) is 23.8 Å². The highest BCUT2D eigenvalue weighted by Crippen LogP contribution is 2.67. The van der Waals surface area contributed by atoms with Gasteiger partial charge in [-0.3, -0.25) is 4.79 Å². The molecule has 9 atom stereocenters. The molecule has 1 heterocycles. The molecule has 1 aliphatic heterocycles. The zero-order valence-corrected chi connectivity index (χ0v) is 37.5. The summed E-state index contributed by atoms with van der Waals surface area (Å²) in [5, 5.41) is 0. The fourth-order valence-corrected chi connectivity index (χ4v) is 12.1. The molecule has 0 amide bonds. The van der Waals surface area contributed by atoms with Gasteiger partial charge in [0.1, 0.15) is 23.2 Å². The normalized spacial score (nSPS) is 31.4. The number of aryl methyl sites for hydroxylation is 2. The summed E-state index contributed by atoms with van der Waals surface area (Å²) in [4.78, 5) is 26.2. The van der Waals surface area contributed by atoms with E-state index in [1.807, 2.05) is 31.2 Å². The molecule has 0 spiro atoms. The van der Waals surface area contributed by atoms with Crippen molar-refractivity contribution in [2.24, 2.45) is 46.3 Å². The summed E-state index contributed by atoms with van der Waals surface area (Å²) in [7, 11) is 0. The van der Waals surface area contributed by atoms with E-state index in [1.165, 1.54) is 51.4 Å². The molecule has 2 aromatic rings. The van der Waals surface area contributed by atoms with E-state index in [0.717, 1.165) is 91.1 Å². The number of benzene rings is 2. The molecule has 0 radical (unpaired) electrons. The first kappa shape index (κ1) is 43.9. The van der Waals surface area contributed by atoms with Crippen molar-refractivity contribution in [3.8, 4) is 11.5 Å². The summed E-state index contributed by atoms with van der Waals surface area (Å²) in [5.41, 5.74) is 4.55. The molecule has 1 unspecified atom stereocenters. The largest absolute Gasteiger partial charge is 0.494 e. The van der Waals surface area contributed by atoms with Gasteiger partial charge in [-0.2, -0.15) is 0 Å². The second-order valence-electron chi connectivity index (χ2n) is 20.5. The molecule has 0 bridgehead atoms. The van der Waals surface area contributed by atoms with Crippen molar-refractivity contribution in [1.29, 1.82) is 0 Å². The van der Waals surface area contributed by atoms with E-state index in [0.29, 0.717) is 49.4 Å². The van der Waals surface area contributed by atoms with Crippen LogP contribution in [0.1, 0.15) is 153 Å². The Labute approximate surface area is 355 Å². The fraction of sp³-hybridized carbons (Fsp3) is 0.692. The lowest BCUT2D eigenvalue weighted by Gasteiger charge is -2.58. The first-order valence-electron chi connectivity index (χ1n) is 23.4. The summed E-state index contributed by atoms with van der Waals surface area (Å²) in [5.74, 6) is 5.63. The van der Waals surface area contributed by atoms with Crippen molar-refractivity contribution >= 4 is 11.9 Å². The van der Waals surface area contributed by atoms with Gasteiger partial charge in [0.05, 0.1) is 25.4 Å². The first-order valence-corrected chi connectivity index (χ1v) is 23.4. The standard InChI is InChI=1S/C52H74O7/c1-35(2)11-10-12-36(3)45-22-23-46-44-20-16-39-32-42(25-27-51(39,6)47(44)26-28-52(45,46)7)58-48(53)24-15-38-13-17-40(18-14-38)59-49(54)43-21-19-41(31-37(43)4)56-30-9-8-29-55-33-50(5)34-57-50/h13-14,16-19,21,31,35-36,42,44-47H,8-12,15,20,22-30,32-34H2,1-7H3/t36-,42+,44+,45-,46+,47+,50?,51+,52-/m1/s1. The summed E-state index contributed by atoms with van der Waals surface area (Å²) >= 11 is 0. The number of epoxide rings is 1. The molecule has 324 valence electrons. The molecule has 7 heteroatoms. The smallest absolute Gasteiger partial charge is 0.343 e. The quantitative estimate of drug-likeness (QED) is 0.0459. The van der Waals surface area contributed by atoms with E-state index < -0.39 is 5.97 Å². The zero-order valence-electron chi connectivity index (χ0n) is 37.5. The molecule has 4 aliphatic carbocycles. The highest BCUT2D eigenvalue weighted by atomic mass is 16.6. The fourth-order valence-electron chi connectivity index (χ4n) is 12.1. The van der Waals surface area contributed by atoms with E-state index >= 15 is 0 Å². The predicted molar refractivity (Wildman–Crippen MR) is 234 cm³/mol. The van der Waals surface area contributed by atoms with E-state index in [-0.39, 0.29) is 23.1 Å². The molecule has 0 N–H and O–H groups in total. The van der Waals surface area contributed by atoms with Crippen LogP contribution < -0.4 is 9.47 Å². The number of ether oxygens (including phenoxy) is 5. The van der Waals surface area contributed by atoms with Gasteiger partial charge in [-0.05, 0) is 166 Å². The van der Waals surface area contributed by atoms with Crippen LogP contribution in [-0.2, 0) is 25.4 Å². The van der Waals surface area contributed by atoms with E-state index in [4.69, 9.17) is 23.7 Å². The monoisotopic (exact) mass is 811 g/mol. The van der Waals surface area contributed by atoms with Gasteiger partial charge in [0.15, 0.2) is 0 Å². The third kappa shape index (κ3) is 10.5. The average molecular weight is 811 g/mol. The molecule has 0 aromatic heterocycles. The topological polar surface area (TPSA) is 83.6 Å². The van der Waals surface area contributed by atoms with Gasteiger partial charge < -0.3 is 23.7 Å². The van der Waals surface area contributed by atoms with Crippen molar-refractivity contribution in [2.45, 2.75) is 156 Å². The SMILES string of the molecule is Cc1cc(OCCCCOCC2(C)CO2)ccc1C(=O)Oc1ccc(CCC(=O)O[C@H]2CC[C@@]3(C)C(=CC[C@H]4[C@@H]5CC[C@H]([C@H](C)CCCC(C)C)[C@@]5(C)CC[C@@H]43)C2)cc1. The van der Waals surface area contributed by atoms with Crippen molar-refractivity contribution in [3.63, 3.8) is 0 Å². The van der Waals surface area contributed by atoms with Crippen LogP contribution in [0.25, 0.3) is 0 Å². The number of esters is 2. The van der Waals surface area contributed by atoms with Gasteiger partial charge in [0.25, 0.3) is 0 Å². The number of allylic oxidation sites excluding steroid dienone is 1. The minimum Gasteiger partial charge on any atom is -0.494 e. The van der Waals surface area contributed by atoms with Crippen LogP contribution in [0.3, 0.4) is 0 Å². The predicted octanol–water partition coefficient (Wildman–Crippen LogP) is 12.1. The van der Waals surface area contributed by atoms with Crippen molar-refractivity contribution in [1.82, 2.24) is 0 Å². The molecule has 7 rings (SSSR count). The number of rotatable bonds is 19. The van der Waals surface area contributed by atoms with Crippen LogP contribution in [0.2, 0.25) is 0 Å². The van der Waals surface area contributed by atoms with Gasteiger partial charge in [0.2, 0.25) is 0 Å². The number of unbranched alkanes of at least 4 members (excludes halogenated alkanes) is 1. The van der Waals surface area contributed by atoms with E-state index in [2.05, 4.69) is 47.6 Å². The Morgan fingerprint density at radius 1 is 0.864 bits per heavy atom. The van der Waals surface area contributed by atoms with Gasteiger partial charge in [-0.15, -0.1) is 0 Å². The molecule has 3 saturated carbocycles. The molecular weight excluding hydrogens is 737 g/mol. The Kier molecular flexibility index (Phi) is 14.0. The Hall–Kier alpha value is -3.16. The van der Waals surface area contributed by atoms with Crippen molar-refractivity contribution < 1.29 is 33.3 Å². The number of hydrogen-bond donors (Lipinski definition) is 0. The Balaban J connectivity index is 0.825.